The van der Waals surface area contributed by atoms with Crippen LogP contribution in [-0.4, -0.2) is 33.9 Å². The summed E-state index contributed by atoms with van der Waals surface area (Å²) in [7, 11) is 0. The first-order valence-electron chi connectivity index (χ1n) is 7.51. The largest absolute Gasteiger partial charge is 0.338 e. The predicted octanol–water partition coefficient (Wildman–Crippen LogP) is 3.32. The fourth-order valence-corrected chi connectivity index (χ4v) is 2.20. The molecule has 0 bridgehead atoms. The van der Waals surface area contributed by atoms with Gasteiger partial charge in [0.15, 0.2) is 0 Å². The van der Waals surface area contributed by atoms with Gasteiger partial charge < -0.3 is 10.2 Å². The molecule has 1 amide bonds. The van der Waals surface area contributed by atoms with E-state index in [2.05, 4.69) is 21.4 Å². The minimum absolute atomic E-state index is 0.0728. The Kier molecular flexibility index (Phi) is 5.09. The summed E-state index contributed by atoms with van der Waals surface area (Å²) in [6.07, 6.45) is 1.61. The standard InChI is InChI=1S/C17H22N4O/c1-5-21(6-2)16(22)14-9-10-18-17(19-14)20-15-11-12(3)7-8-13(15)4/h7-11H,5-6H2,1-4H3,(H,18,19,20). The van der Waals surface area contributed by atoms with Gasteiger partial charge in [0.1, 0.15) is 5.69 Å². The zero-order valence-corrected chi connectivity index (χ0v) is 13.6. The molecule has 5 heteroatoms. The second-order valence-corrected chi connectivity index (χ2v) is 5.19. The Bertz CT molecular complexity index is 665. The van der Waals surface area contributed by atoms with Gasteiger partial charge in [0, 0.05) is 25.0 Å². The number of carbonyl (C=O) groups is 1. The first-order chi connectivity index (χ1) is 10.5. The normalized spacial score (nSPS) is 10.4. The van der Waals surface area contributed by atoms with Gasteiger partial charge in [-0.05, 0) is 51.0 Å². The van der Waals surface area contributed by atoms with Crippen molar-refractivity contribution in [2.75, 3.05) is 18.4 Å². The molecule has 0 aliphatic heterocycles. The van der Waals surface area contributed by atoms with Crippen molar-refractivity contribution in [1.29, 1.82) is 0 Å². The lowest BCUT2D eigenvalue weighted by Gasteiger charge is -2.18. The third-order valence-corrected chi connectivity index (χ3v) is 3.56. The Hall–Kier alpha value is -2.43. The molecule has 0 saturated carbocycles. The molecule has 22 heavy (non-hydrogen) atoms. The van der Waals surface area contributed by atoms with Crippen LogP contribution in [0, 0.1) is 13.8 Å². The van der Waals surface area contributed by atoms with Gasteiger partial charge in [0.2, 0.25) is 5.95 Å². The highest BCUT2D eigenvalue weighted by Gasteiger charge is 2.14. The number of aryl methyl sites for hydroxylation is 2. The summed E-state index contributed by atoms with van der Waals surface area (Å²) in [5.74, 6) is 0.364. The second kappa shape index (κ2) is 7.02. The average molecular weight is 298 g/mol. The van der Waals surface area contributed by atoms with Gasteiger partial charge in [-0.25, -0.2) is 9.97 Å². The minimum Gasteiger partial charge on any atom is -0.338 e. The molecule has 1 heterocycles. The number of benzene rings is 1. The number of nitrogens with one attached hydrogen (secondary N) is 1. The molecule has 0 fully saturated rings. The van der Waals surface area contributed by atoms with Crippen molar-refractivity contribution in [3.8, 4) is 0 Å². The molecule has 116 valence electrons. The number of hydrogen-bond donors (Lipinski definition) is 1. The molecular formula is C17H22N4O. The maximum absolute atomic E-state index is 12.3. The van der Waals surface area contributed by atoms with Crippen molar-refractivity contribution in [1.82, 2.24) is 14.9 Å². The van der Waals surface area contributed by atoms with Crippen molar-refractivity contribution in [3.63, 3.8) is 0 Å². The summed E-state index contributed by atoms with van der Waals surface area (Å²) in [4.78, 5) is 22.6. The number of hydrogen-bond acceptors (Lipinski definition) is 4. The first-order valence-corrected chi connectivity index (χ1v) is 7.51. The van der Waals surface area contributed by atoms with E-state index in [1.165, 1.54) is 0 Å². The molecule has 0 radical (unpaired) electrons. The lowest BCUT2D eigenvalue weighted by molar-refractivity contribution is 0.0767. The Balaban J connectivity index is 2.25. The van der Waals surface area contributed by atoms with Crippen LogP contribution >= 0.6 is 0 Å². The van der Waals surface area contributed by atoms with Crippen LogP contribution in [0.5, 0.6) is 0 Å². The Labute approximate surface area is 131 Å². The van der Waals surface area contributed by atoms with E-state index in [-0.39, 0.29) is 5.91 Å². The maximum atomic E-state index is 12.3. The zero-order chi connectivity index (χ0) is 16.1. The monoisotopic (exact) mass is 298 g/mol. The van der Waals surface area contributed by atoms with E-state index in [4.69, 9.17) is 0 Å². The van der Waals surface area contributed by atoms with E-state index in [0.29, 0.717) is 24.7 Å². The van der Waals surface area contributed by atoms with E-state index in [0.717, 1.165) is 16.8 Å². The summed E-state index contributed by atoms with van der Waals surface area (Å²) in [6.45, 7) is 9.30. The van der Waals surface area contributed by atoms with Gasteiger partial charge in [0.25, 0.3) is 5.91 Å². The second-order valence-electron chi connectivity index (χ2n) is 5.19. The van der Waals surface area contributed by atoms with Crippen LogP contribution < -0.4 is 5.32 Å². The third kappa shape index (κ3) is 3.61. The van der Waals surface area contributed by atoms with Crippen molar-refractivity contribution in [3.05, 3.63) is 47.3 Å². The van der Waals surface area contributed by atoms with E-state index in [9.17, 15) is 4.79 Å². The summed E-state index contributed by atoms with van der Waals surface area (Å²) in [5.41, 5.74) is 3.62. The SMILES string of the molecule is CCN(CC)C(=O)c1ccnc(Nc2cc(C)ccc2C)n1. The van der Waals surface area contributed by atoms with Crippen LogP contribution in [0.15, 0.2) is 30.5 Å². The smallest absolute Gasteiger partial charge is 0.272 e. The topological polar surface area (TPSA) is 58.1 Å². The Morgan fingerprint density at radius 3 is 2.59 bits per heavy atom. The maximum Gasteiger partial charge on any atom is 0.272 e. The molecule has 1 aromatic carbocycles. The molecule has 1 aromatic heterocycles. The fourth-order valence-electron chi connectivity index (χ4n) is 2.20. The fraction of sp³-hybridized carbons (Fsp3) is 0.353. The number of anilines is 2. The van der Waals surface area contributed by atoms with E-state index in [1.54, 1.807) is 17.2 Å². The molecule has 0 atom stereocenters. The lowest BCUT2D eigenvalue weighted by atomic mass is 10.1. The van der Waals surface area contributed by atoms with E-state index < -0.39 is 0 Å². The molecule has 2 rings (SSSR count). The number of amides is 1. The summed E-state index contributed by atoms with van der Waals surface area (Å²) >= 11 is 0. The highest BCUT2D eigenvalue weighted by atomic mass is 16.2. The molecule has 0 unspecified atom stereocenters. The highest BCUT2D eigenvalue weighted by Crippen LogP contribution is 2.19. The van der Waals surface area contributed by atoms with Gasteiger partial charge >= 0.3 is 0 Å². The number of rotatable bonds is 5. The van der Waals surface area contributed by atoms with E-state index in [1.807, 2.05) is 39.8 Å². The van der Waals surface area contributed by atoms with Gasteiger partial charge in [-0.15, -0.1) is 0 Å². The minimum atomic E-state index is -0.0728. The van der Waals surface area contributed by atoms with Crippen LogP contribution in [0.4, 0.5) is 11.6 Å². The molecule has 0 aliphatic rings. The molecular weight excluding hydrogens is 276 g/mol. The highest BCUT2D eigenvalue weighted by molar-refractivity contribution is 5.92. The van der Waals surface area contributed by atoms with Crippen molar-refractivity contribution < 1.29 is 4.79 Å². The number of nitrogens with zero attached hydrogens (tertiary/aromatic N) is 3. The lowest BCUT2D eigenvalue weighted by Crippen LogP contribution is -2.31. The van der Waals surface area contributed by atoms with Crippen molar-refractivity contribution in [2.24, 2.45) is 0 Å². The van der Waals surface area contributed by atoms with Crippen LogP contribution in [0.3, 0.4) is 0 Å². The Morgan fingerprint density at radius 1 is 1.18 bits per heavy atom. The van der Waals surface area contributed by atoms with Gasteiger partial charge in [-0.1, -0.05) is 12.1 Å². The summed E-state index contributed by atoms with van der Waals surface area (Å²) in [6, 6.07) is 7.79. The Morgan fingerprint density at radius 2 is 1.91 bits per heavy atom. The van der Waals surface area contributed by atoms with Gasteiger partial charge in [-0.2, -0.15) is 0 Å². The summed E-state index contributed by atoms with van der Waals surface area (Å²) < 4.78 is 0. The average Bonchev–Trinajstić information content (AvgIpc) is 2.52. The van der Waals surface area contributed by atoms with Gasteiger partial charge in [0.05, 0.1) is 0 Å². The molecule has 2 aromatic rings. The molecule has 0 spiro atoms. The van der Waals surface area contributed by atoms with Crippen molar-refractivity contribution in [2.45, 2.75) is 27.7 Å². The van der Waals surface area contributed by atoms with Crippen LogP contribution in [-0.2, 0) is 0 Å². The summed E-state index contributed by atoms with van der Waals surface area (Å²) in [5, 5.41) is 3.19. The van der Waals surface area contributed by atoms with Gasteiger partial charge in [-0.3, -0.25) is 4.79 Å². The molecule has 0 aliphatic carbocycles. The zero-order valence-electron chi connectivity index (χ0n) is 13.6. The molecule has 5 nitrogen and oxygen atoms in total. The predicted molar refractivity (Wildman–Crippen MR) is 88.5 cm³/mol. The van der Waals surface area contributed by atoms with Crippen LogP contribution in [0.2, 0.25) is 0 Å². The van der Waals surface area contributed by atoms with Crippen LogP contribution in [0.1, 0.15) is 35.5 Å². The third-order valence-electron chi connectivity index (χ3n) is 3.56. The van der Waals surface area contributed by atoms with E-state index >= 15 is 0 Å². The number of aromatic nitrogens is 2. The molecule has 1 N–H and O–H groups in total. The van der Waals surface area contributed by atoms with Crippen LogP contribution in [0.25, 0.3) is 0 Å². The molecule has 0 saturated heterocycles. The quantitative estimate of drug-likeness (QED) is 0.920. The first kappa shape index (κ1) is 15.9. The van der Waals surface area contributed by atoms with Crippen molar-refractivity contribution >= 4 is 17.5 Å². The number of carbonyl (C=O) groups excluding carboxylic acids is 1.